The van der Waals surface area contributed by atoms with Gasteiger partial charge in [-0.2, -0.15) is 0 Å². The molecule has 1 heterocycles. The number of nitrogens with zero attached hydrogens (tertiary/aromatic N) is 1. The van der Waals surface area contributed by atoms with Crippen LogP contribution in [-0.4, -0.2) is 23.2 Å². The molecule has 2 N–H and O–H groups in total. The minimum atomic E-state index is 0.135. The van der Waals surface area contributed by atoms with Crippen LogP contribution >= 0.6 is 22.9 Å². The van der Waals surface area contributed by atoms with E-state index < -0.39 is 0 Å². The highest BCUT2D eigenvalue weighted by Crippen LogP contribution is 2.44. The Morgan fingerprint density at radius 1 is 1.32 bits per heavy atom. The van der Waals surface area contributed by atoms with Crippen LogP contribution in [0, 0.1) is 5.41 Å². The molecule has 0 saturated heterocycles. The lowest BCUT2D eigenvalue weighted by molar-refractivity contribution is 0.207. The molecule has 6 heteroatoms. The normalized spacial score (nSPS) is 15.7. The Bertz CT molecular complexity index is 611. The van der Waals surface area contributed by atoms with Crippen molar-refractivity contribution >= 4 is 22.9 Å². The van der Waals surface area contributed by atoms with Crippen LogP contribution in [-0.2, 0) is 13.2 Å². The molecule has 1 aromatic carbocycles. The molecule has 1 fully saturated rings. The van der Waals surface area contributed by atoms with Crippen molar-refractivity contribution in [2.75, 3.05) is 13.2 Å². The maximum atomic E-state index is 9.27. The van der Waals surface area contributed by atoms with Crippen LogP contribution in [0.3, 0.4) is 0 Å². The van der Waals surface area contributed by atoms with Crippen LogP contribution < -0.4 is 10.1 Å². The van der Waals surface area contributed by atoms with Gasteiger partial charge in [0, 0.05) is 35.5 Å². The lowest BCUT2D eigenvalue weighted by Gasteiger charge is -2.11. The standard InChI is InChI=1S/C16H19ClN2O2S/c17-12-1-3-14(4-2-12)21-8-15-19-13(9-22-15)7-18-10-16(11-20)5-6-16/h1-4,9,18,20H,5-8,10-11H2. The molecule has 1 aromatic heterocycles. The average molecular weight is 339 g/mol. The number of hydrogen-bond acceptors (Lipinski definition) is 5. The summed E-state index contributed by atoms with van der Waals surface area (Å²) in [6, 6.07) is 7.32. The van der Waals surface area contributed by atoms with E-state index in [0.717, 1.165) is 42.4 Å². The van der Waals surface area contributed by atoms with Gasteiger partial charge in [0.15, 0.2) is 0 Å². The number of hydrogen-bond donors (Lipinski definition) is 2. The quantitative estimate of drug-likeness (QED) is 0.776. The van der Waals surface area contributed by atoms with Crippen molar-refractivity contribution in [2.45, 2.75) is 26.0 Å². The molecular weight excluding hydrogens is 320 g/mol. The number of halogens is 1. The molecule has 2 aromatic rings. The Morgan fingerprint density at radius 2 is 2.09 bits per heavy atom. The zero-order valence-electron chi connectivity index (χ0n) is 12.2. The predicted molar refractivity (Wildman–Crippen MR) is 88.4 cm³/mol. The highest BCUT2D eigenvalue weighted by atomic mass is 35.5. The fourth-order valence-corrected chi connectivity index (χ4v) is 3.03. The topological polar surface area (TPSA) is 54.4 Å². The number of nitrogens with one attached hydrogen (secondary N) is 1. The van der Waals surface area contributed by atoms with E-state index in [9.17, 15) is 5.11 Å². The van der Waals surface area contributed by atoms with Crippen LogP contribution in [0.25, 0.3) is 0 Å². The fraction of sp³-hybridized carbons (Fsp3) is 0.438. The number of ether oxygens (including phenoxy) is 1. The predicted octanol–water partition coefficient (Wildman–Crippen LogP) is 3.24. The molecule has 0 amide bonds. The second-order valence-electron chi connectivity index (χ2n) is 5.74. The third kappa shape index (κ3) is 4.20. The number of aromatic nitrogens is 1. The SMILES string of the molecule is OCC1(CNCc2csc(COc3ccc(Cl)cc3)n2)CC1. The number of aliphatic hydroxyl groups excluding tert-OH is 1. The van der Waals surface area contributed by atoms with Crippen LogP contribution in [0.1, 0.15) is 23.5 Å². The first-order valence-electron chi connectivity index (χ1n) is 7.32. The molecule has 0 radical (unpaired) electrons. The van der Waals surface area contributed by atoms with Crippen LogP contribution in [0.5, 0.6) is 5.75 Å². The number of rotatable bonds is 8. The summed E-state index contributed by atoms with van der Waals surface area (Å²) in [5.74, 6) is 0.790. The molecule has 1 aliphatic carbocycles. The minimum absolute atomic E-state index is 0.135. The van der Waals surface area contributed by atoms with E-state index in [4.69, 9.17) is 16.3 Å². The van der Waals surface area contributed by atoms with Gasteiger partial charge in [0.1, 0.15) is 17.4 Å². The van der Waals surface area contributed by atoms with Gasteiger partial charge in [-0.15, -0.1) is 11.3 Å². The fourth-order valence-electron chi connectivity index (χ4n) is 2.20. The molecule has 0 unspecified atom stereocenters. The summed E-state index contributed by atoms with van der Waals surface area (Å²) >= 11 is 7.44. The Hall–Kier alpha value is -1.14. The largest absolute Gasteiger partial charge is 0.486 e. The maximum absolute atomic E-state index is 9.27. The number of benzene rings is 1. The molecule has 118 valence electrons. The van der Waals surface area contributed by atoms with Gasteiger partial charge in [-0.3, -0.25) is 0 Å². The summed E-state index contributed by atoms with van der Waals surface area (Å²) < 4.78 is 5.68. The molecular formula is C16H19ClN2O2S. The lowest BCUT2D eigenvalue weighted by Crippen LogP contribution is -2.26. The summed E-state index contributed by atoms with van der Waals surface area (Å²) in [5, 5.41) is 16.4. The van der Waals surface area contributed by atoms with Crippen LogP contribution in [0.15, 0.2) is 29.6 Å². The highest BCUT2D eigenvalue weighted by Gasteiger charge is 2.41. The van der Waals surface area contributed by atoms with Crippen molar-refractivity contribution in [3.8, 4) is 5.75 Å². The van der Waals surface area contributed by atoms with Crippen molar-refractivity contribution in [1.82, 2.24) is 10.3 Å². The molecule has 22 heavy (non-hydrogen) atoms. The van der Waals surface area contributed by atoms with Crippen LogP contribution in [0.4, 0.5) is 0 Å². The first-order chi connectivity index (χ1) is 10.7. The zero-order valence-corrected chi connectivity index (χ0v) is 13.8. The third-order valence-electron chi connectivity index (χ3n) is 3.87. The van der Waals surface area contributed by atoms with E-state index >= 15 is 0 Å². The van der Waals surface area contributed by atoms with Gasteiger partial charge in [-0.25, -0.2) is 4.98 Å². The van der Waals surface area contributed by atoms with Crippen molar-refractivity contribution < 1.29 is 9.84 Å². The second kappa shape index (κ2) is 6.96. The summed E-state index contributed by atoms with van der Waals surface area (Å²) in [4.78, 5) is 4.55. The smallest absolute Gasteiger partial charge is 0.140 e. The van der Waals surface area contributed by atoms with Gasteiger partial charge in [0.25, 0.3) is 0 Å². The van der Waals surface area contributed by atoms with E-state index in [1.165, 1.54) is 0 Å². The molecule has 4 nitrogen and oxygen atoms in total. The van der Waals surface area contributed by atoms with Crippen LogP contribution in [0.2, 0.25) is 5.02 Å². The molecule has 1 saturated carbocycles. The Kier molecular flexibility index (Phi) is 4.98. The van der Waals surface area contributed by atoms with Crippen molar-refractivity contribution in [2.24, 2.45) is 5.41 Å². The zero-order chi connectivity index (χ0) is 15.4. The second-order valence-corrected chi connectivity index (χ2v) is 7.12. The molecule has 0 atom stereocenters. The highest BCUT2D eigenvalue weighted by molar-refractivity contribution is 7.09. The molecule has 0 aliphatic heterocycles. The molecule has 0 bridgehead atoms. The molecule has 0 spiro atoms. The van der Waals surface area contributed by atoms with E-state index in [-0.39, 0.29) is 12.0 Å². The van der Waals surface area contributed by atoms with E-state index in [1.54, 1.807) is 11.3 Å². The van der Waals surface area contributed by atoms with Gasteiger partial charge in [0.2, 0.25) is 0 Å². The molecule has 1 aliphatic rings. The van der Waals surface area contributed by atoms with Gasteiger partial charge in [0.05, 0.1) is 5.69 Å². The van der Waals surface area contributed by atoms with E-state index in [1.807, 2.05) is 29.6 Å². The summed E-state index contributed by atoms with van der Waals surface area (Å²) in [6.07, 6.45) is 2.24. The Balaban J connectivity index is 1.43. The van der Waals surface area contributed by atoms with E-state index in [0.29, 0.717) is 11.6 Å². The van der Waals surface area contributed by atoms with Crippen molar-refractivity contribution in [1.29, 1.82) is 0 Å². The van der Waals surface area contributed by atoms with Gasteiger partial charge >= 0.3 is 0 Å². The number of aliphatic hydroxyl groups is 1. The summed E-state index contributed by atoms with van der Waals surface area (Å²) in [7, 11) is 0. The van der Waals surface area contributed by atoms with Crippen molar-refractivity contribution in [3.05, 3.63) is 45.4 Å². The summed E-state index contributed by atoms with van der Waals surface area (Å²) in [6.45, 7) is 2.33. The summed E-state index contributed by atoms with van der Waals surface area (Å²) in [5.41, 5.74) is 1.16. The first-order valence-corrected chi connectivity index (χ1v) is 8.58. The monoisotopic (exact) mass is 338 g/mol. The van der Waals surface area contributed by atoms with E-state index in [2.05, 4.69) is 10.3 Å². The van der Waals surface area contributed by atoms with Gasteiger partial charge in [-0.05, 0) is 37.1 Å². The third-order valence-corrected chi connectivity index (χ3v) is 5.00. The molecule has 3 rings (SSSR count). The number of thiazole rings is 1. The minimum Gasteiger partial charge on any atom is -0.486 e. The van der Waals surface area contributed by atoms with Crippen molar-refractivity contribution in [3.63, 3.8) is 0 Å². The lowest BCUT2D eigenvalue weighted by atomic mass is 10.1. The maximum Gasteiger partial charge on any atom is 0.140 e. The van der Waals surface area contributed by atoms with Gasteiger partial charge < -0.3 is 15.2 Å². The Labute approximate surface area is 139 Å². The first kappa shape index (κ1) is 15.7. The van der Waals surface area contributed by atoms with Gasteiger partial charge in [-0.1, -0.05) is 11.6 Å². The Morgan fingerprint density at radius 3 is 2.77 bits per heavy atom. The average Bonchev–Trinajstić information content (AvgIpc) is 3.17.